The molecule has 0 amide bonds. The molecule has 0 aliphatic rings. The molecule has 0 saturated heterocycles. The lowest BCUT2D eigenvalue weighted by Gasteiger charge is -2.04. The summed E-state index contributed by atoms with van der Waals surface area (Å²) in [6.45, 7) is 2.27. The molecule has 20 heavy (non-hydrogen) atoms. The molecule has 0 bridgehead atoms. The van der Waals surface area contributed by atoms with E-state index in [4.69, 9.17) is 14.4 Å². The maximum Gasteiger partial charge on any atom is 0.307 e. The Balaban J connectivity index is 1.88. The third-order valence-corrected chi connectivity index (χ3v) is 2.62. The molecule has 0 aliphatic heterocycles. The van der Waals surface area contributed by atoms with Crippen LogP contribution in [0.5, 0.6) is 5.75 Å². The van der Waals surface area contributed by atoms with Crippen LogP contribution in [0.25, 0.3) is 0 Å². The van der Waals surface area contributed by atoms with E-state index in [2.05, 4.69) is 10.1 Å². The van der Waals surface area contributed by atoms with E-state index in [9.17, 15) is 4.79 Å². The average molecular weight is 276 g/mol. The first kappa shape index (κ1) is 14.0. The highest BCUT2D eigenvalue weighted by Crippen LogP contribution is 2.14. The van der Waals surface area contributed by atoms with Gasteiger partial charge in [-0.3, -0.25) is 4.79 Å². The van der Waals surface area contributed by atoms with E-state index in [0.717, 1.165) is 18.4 Å². The van der Waals surface area contributed by atoms with Crippen molar-refractivity contribution >= 4 is 5.97 Å². The fourth-order valence-electron chi connectivity index (χ4n) is 1.69. The molecule has 0 aliphatic carbocycles. The standard InChI is InChI=1S/C14H16N2O4/c1-2-3-13-15-12(16-20-13)9-19-11-6-4-10(5-7-11)8-14(17)18/h4-7H,2-3,8-9H2,1H3,(H,17,18). The summed E-state index contributed by atoms with van der Waals surface area (Å²) >= 11 is 0. The Morgan fingerprint density at radius 3 is 2.75 bits per heavy atom. The Morgan fingerprint density at radius 1 is 1.35 bits per heavy atom. The normalized spacial score (nSPS) is 10.4. The zero-order valence-electron chi connectivity index (χ0n) is 11.2. The van der Waals surface area contributed by atoms with Crippen molar-refractivity contribution < 1.29 is 19.2 Å². The number of carboxylic acid groups (broad SMARTS) is 1. The summed E-state index contributed by atoms with van der Waals surface area (Å²) in [5, 5.41) is 12.5. The molecule has 0 radical (unpaired) electrons. The Morgan fingerprint density at radius 2 is 2.10 bits per heavy atom. The minimum absolute atomic E-state index is 0.00546. The van der Waals surface area contributed by atoms with Gasteiger partial charge in [0, 0.05) is 6.42 Å². The van der Waals surface area contributed by atoms with Crippen molar-refractivity contribution in [2.75, 3.05) is 0 Å². The molecule has 0 atom stereocenters. The smallest absolute Gasteiger partial charge is 0.307 e. The Hall–Kier alpha value is -2.37. The van der Waals surface area contributed by atoms with Crippen LogP contribution in [-0.2, 0) is 24.2 Å². The summed E-state index contributed by atoms with van der Waals surface area (Å²) < 4.78 is 10.6. The van der Waals surface area contributed by atoms with Gasteiger partial charge >= 0.3 is 5.97 Å². The molecule has 1 aromatic carbocycles. The summed E-state index contributed by atoms with van der Waals surface area (Å²) in [6.07, 6.45) is 1.72. The first-order chi connectivity index (χ1) is 9.67. The van der Waals surface area contributed by atoms with E-state index in [-0.39, 0.29) is 13.0 Å². The van der Waals surface area contributed by atoms with Crippen LogP contribution >= 0.6 is 0 Å². The molecular weight excluding hydrogens is 260 g/mol. The first-order valence-electron chi connectivity index (χ1n) is 6.42. The molecule has 6 heteroatoms. The number of aromatic nitrogens is 2. The lowest BCUT2D eigenvalue weighted by molar-refractivity contribution is -0.136. The molecule has 0 unspecified atom stereocenters. The number of ether oxygens (including phenoxy) is 1. The SMILES string of the molecule is CCCc1nc(COc2ccc(CC(=O)O)cc2)no1. The second kappa shape index (κ2) is 6.70. The molecule has 2 rings (SSSR count). The fourth-order valence-corrected chi connectivity index (χ4v) is 1.69. The van der Waals surface area contributed by atoms with Crippen molar-refractivity contribution in [3.05, 3.63) is 41.5 Å². The van der Waals surface area contributed by atoms with Crippen molar-refractivity contribution in [2.45, 2.75) is 32.8 Å². The van der Waals surface area contributed by atoms with E-state index >= 15 is 0 Å². The largest absolute Gasteiger partial charge is 0.485 e. The molecule has 1 aromatic heterocycles. The number of aryl methyl sites for hydroxylation is 1. The van der Waals surface area contributed by atoms with Crippen LogP contribution in [0.4, 0.5) is 0 Å². The van der Waals surface area contributed by atoms with E-state index in [1.165, 1.54) is 0 Å². The van der Waals surface area contributed by atoms with Gasteiger partial charge in [-0.25, -0.2) is 0 Å². The van der Waals surface area contributed by atoms with Crippen molar-refractivity contribution in [1.82, 2.24) is 10.1 Å². The fraction of sp³-hybridized carbons (Fsp3) is 0.357. The van der Waals surface area contributed by atoms with Gasteiger partial charge in [-0.05, 0) is 24.1 Å². The molecule has 0 fully saturated rings. The van der Waals surface area contributed by atoms with Crippen molar-refractivity contribution in [3.8, 4) is 5.75 Å². The van der Waals surface area contributed by atoms with Gasteiger partial charge in [0.05, 0.1) is 6.42 Å². The first-order valence-corrected chi connectivity index (χ1v) is 6.42. The molecular formula is C14H16N2O4. The van der Waals surface area contributed by atoms with Gasteiger partial charge in [0.25, 0.3) is 0 Å². The highest BCUT2D eigenvalue weighted by Gasteiger charge is 2.06. The molecule has 1 N–H and O–H groups in total. The number of nitrogens with zero attached hydrogens (tertiary/aromatic N) is 2. The number of aliphatic carboxylic acids is 1. The van der Waals surface area contributed by atoms with Crippen LogP contribution in [0.2, 0.25) is 0 Å². The van der Waals surface area contributed by atoms with E-state index < -0.39 is 5.97 Å². The number of carbonyl (C=O) groups is 1. The molecule has 0 saturated carbocycles. The summed E-state index contributed by atoms with van der Waals surface area (Å²) in [5.74, 6) is 0.904. The summed E-state index contributed by atoms with van der Waals surface area (Å²) in [5.41, 5.74) is 0.731. The second-order valence-electron chi connectivity index (χ2n) is 4.36. The van der Waals surface area contributed by atoms with Crippen LogP contribution in [0.1, 0.15) is 30.6 Å². The lowest BCUT2D eigenvalue weighted by atomic mass is 10.1. The maximum atomic E-state index is 10.6. The van der Waals surface area contributed by atoms with Gasteiger partial charge in [-0.15, -0.1) is 0 Å². The number of rotatable bonds is 7. The molecule has 106 valence electrons. The van der Waals surface area contributed by atoms with Crippen LogP contribution in [0.3, 0.4) is 0 Å². The highest BCUT2D eigenvalue weighted by atomic mass is 16.5. The zero-order valence-corrected chi connectivity index (χ0v) is 11.2. The molecule has 1 heterocycles. The predicted octanol–water partition coefficient (Wildman–Crippen LogP) is 2.23. The monoisotopic (exact) mass is 276 g/mol. The predicted molar refractivity (Wildman–Crippen MR) is 70.4 cm³/mol. The maximum absolute atomic E-state index is 10.6. The summed E-state index contributed by atoms with van der Waals surface area (Å²) in [6, 6.07) is 6.90. The Labute approximate surface area is 116 Å². The Kier molecular flexibility index (Phi) is 4.70. The number of hydrogen-bond donors (Lipinski definition) is 1. The number of carboxylic acids is 1. The average Bonchev–Trinajstić information content (AvgIpc) is 2.86. The van der Waals surface area contributed by atoms with Gasteiger partial charge in [-0.2, -0.15) is 4.98 Å². The molecule has 6 nitrogen and oxygen atoms in total. The minimum Gasteiger partial charge on any atom is -0.485 e. The van der Waals surface area contributed by atoms with Crippen LogP contribution in [0, 0.1) is 0 Å². The number of benzene rings is 1. The van der Waals surface area contributed by atoms with Gasteiger partial charge in [0.1, 0.15) is 5.75 Å². The molecule has 0 spiro atoms. The van der Waals surface area contributed by atoms with Crippen LogP contribution in [0.15, 0.2) is 28.8 Å². The van der Waals surface area contributed by atoms with Crippen LogP contribution < -0.4 is 4.74 Å². The second-order valence-corrected chi connectivity index (χ2v) is 4.36. The van der Waals surface area contributed by atoms with Gasteiger partial charge in [-0.1, -0.05) is 24.2 Å². The van der Waals surface area contributed by atoms with E-state index in [1.54, 1.807) is 24.3 Å². The van der Waals surface area contributed by atoms with Crippen molar-refractivity contribution in [3.63, 3.8) is 0 Å². The lowest BCUT2D eigenvalue weighted by Crippen LogP contribution is -2.01. The third kappa shape index (κ3) is 4.08. The zero-order chi connectivity index (χ0) is 14.4. The minimum atomic E-state index is -0.853. The van der Waals surface area contributed by atoms with E-state index in [0.29, 0.717) is 17.5 Å². The molecule has 2 aromatic rings. The van der Waals surface area contributed by atoms with Crippen molar-refractivity contribution in [1.29, 1.82) is 0 Å². The van der Waals surface area contributed by atoms with Gasteiger partial charge in [0.15, 0.2) is 6.61 Å². The van der Waals surface area contributed by atoms with Crippen molar-refractivity contribution in [2.24, 2.45) is 0 Å². The van der Waals surface area contributed by atoms with Gasteiger partial charge in [0.2, 0.25) is 11.7 Å². The van der Waals surface area contributed by atoms with Gasteiger partial charge < -0.3 is 14.4 Å². The highest BCUT2D eigenvalue weighted by molar-refractivity contribution is 5.70. The number of hydrogen-bond acceptors (Lipinski definition) is 5. The third-order valence-electron chi connectivity index (χ3n) is 2.62. The quantitative estimate of drug-likeness (QED) is 0.834. The van der Waals surface area contributed by atoms with E-state index in [1.807, 2.05) is 6.92 Å². The van der Waals surface area contributed by atoms with Crippen LogP contribution in [-0.4, -0.2) is 21.2 Å². The Bertz CT molecular complexity index is 563. The summed E-state index contributed by atoms with van der Waals surface area (Å²) in [7, 11) is 0. The summed E-state index contributed by atoms with van der Waals surface area (Å²) in [4.78, 5) is 14.8. The topological polar surface area (TPSA) is 85.5 Å².